The predicted molar refractivity (Wildman–Crippen MR) is 91.7 cm³/mol. The molecular formula is C19H36F3N. The minimum absolute atomic E-state index is 0.0967. The van der Waals surface area contributed by atoms with Crippen molar-refractivity contribution in [3.63, 3.8) is 0 Å². The Morgan fingerprint density at radius 1 is 0.826 bits per heavy atom. The van der Waals surface area contributed by atoms with Gasteiger partial charge in [0, 0.05) is 5.54 Å². The minimum Gasteiger partial charge on any atom is -0.298 e. The molecule has 138 valence electrons. The Bertz CT molecular complexity index is 308. The number of rotatable bonds is 10. The molecule has 23 heavy (non-hydrogen) atoms. The SMILES string of the molecule is CCCCCCC(C)(CCCCC)N1CCC(C(F)(F)F)CC1. The van der Waals surface area contributed by atoms with Gasteiger partial charge in [0.25, 0.3) is 0 Å². The van der Waals surface area contributed by atoms with E-state index in [4.69, 9.17) is 0 Å². The molecule has 0 aromatic rings. The summed E-state index contributed by atoms with van der Waals surface area (Å²) >= 11 is 0. The number of piperidine rings is 1. The number of hydrogen-bond acceptors (Lipinski definition) is 1. The van der Waals surface area contributed by atoms with Crippen molar-refractivity contribution >= 4 is 0 Å². The lowest BCUT2D eigenvalue weighted by Gasteiger charge is -2.46. The van der Waals surface area contributed by atoms with Gasteiger partial charge in [-0.2, -0.15) is 13.2 Å². The van der Waals surface area contributed by atoms with Gasteiger partial charge in [-0.15, -0.1) is 0 Å². The Hall–Kier alpha value is -0.250. The topological polar surface area (TPSA) is 3.24 Å². The van der Waals surface area contributed by atoms with E-state index in [1.165, 1.54) is 44.9 Å². The van der Waals surface area contributed by atoms with Crippen LogP contribution in [-0.4, -0.2) is 29.7 Å². The first-order chi connectivity index (χ1) is 10.8. The van der Waals surface area contributed by atoms with E-state index in [9.17, 15) is 13.2 Å². The van der Waals surface area contributed by atoms with Crippen molar-refractivity contribution in [2.24, 2.45) is 5.92 Å². The molecule has 1 aliphatic heterocycles. The molecule has 0 amide bonds. The first kappa shape index (κ1) is 20.8. The van der Waals surface area contributed by atoms with Crippen LogP contribution in [0.15, 0.2) is 0 Å². The number of nitrogens with zero attached hydrogens (tertiary/aromatic N) is 1. The third-order valence-corrected chi connectivity index (χ3v) is 5.61. The molecule has 1 heterocycles. The van der Waals surface area contributed by atoms with Crippen LogP contribution in [-0.2, 0) is 0 Å². The average Bonchev–Trinajstić information content (AvgIpc) is 2.51. The number of halogens is 3. The third kappa shape index (κ3) is 7.03. The van der Waals surface area contributed by atoms with Crippen molar-refractivity contribution in [2.45, 2.75) is 103 Å². The van der Waals surface area contributed by atoms with Crippen LogP contribution in [0.25, 0.3) is 0 Å². The lowest BCUT2D eigenvalue weighted by Crippen LogP contribution is -2.51. The summed E-state index contributed by atoms with van der Waals surface area (Å²) in [5, 5.41) is 0. The summed E-state index contributed by atoms with van der Waals surface area (Å²) in [6.07, 6.45) is 7.37. The van der Waals surface area contributed by atoms with E-state index in [1.807, 2.05) is 0 Å². The maximum Gasteiger partial charge on any atom is 0.391 e. The average molecular weight is 335 g/mol. The number of hydrogen-bond donors (Lipinski definition) is 0. The van der Waals surface area contributed by atoms with Gasteiger partial charge in [0.2, 0.25) is 0 Å². The van der Waals surface area contributed by atoms with Gasteiger partial charge >= 0.3 is 6.18 Å². The van der Waals surface area contributed by atoms with E-state index < -0.39 is 12.1 Å². The van der Waals surface area contributed by atoms with Crippen LogP contribution in [0.4, 0.5) is 13.2 Å². The highest BCUT2D eigenvalue weighted by Gasteiger charge is 2.43. The third-order valence-electron chi connectivity index (χ3n) is 5.61. The lowest BCUT2D eigenvalue weighted by molar-refractivity contribution is -0.188. The van der Waals surface area contributed by atoms with Crippen molar-refractivity contribution in [2.75, 3.05) is 13.1 Å². The Kier molecular flexibility index (Phi) is 8.95. The summed E-state index contributed by atoms with van der Waals surface area (Å²) in [5.41, 5.74) is 0.0967. The van der Waals surface area contributed by atoms with Crippen LogP contribution in [0.1, 0.15) is 91.4 Å². The van der Waals surface area contributed by atoms with E-state index in [0.29, 0.717) is 13.1 Å². The van der Waals surface area contributed by atoms with Crippen molar-refractivity contribution < 1.29 is 13.2 Å². The molecule has 1 nitrogen and oxygen atoms in total. The first-order valence-corrected chi connectivity index (χ1v) is 9.65. The highest BCUT2D eigenvalue weighted by Crippen LogP contribution is 2.38. The first-order valence-electron chi connectivity index (χ1n) is 9.65. The van der Waals surface area contributed by atoms with Gasteiger partial charge < -0.3 is 0 Å². The largest absolute Gasteiger partial charge is 0.391 e. The smallest absolute Gasteiger partial charge is 0.298 e. The molecule has 4 heteroatoms. The molecule has 1 unspecified atom stereocenters. The van der Waals surface area contributed by atoms with E-state index >= 15 is 0 Å². The number of likely N-dealkylation sites (tertiary alicyclic amines) is 1. The molecule has 1 rings (SSSR count). The number of unbranched alkanes of at least 4 members (excludes halogenated alkanes) is 5. The van der Waals surface area contributed by atoms with Crippen LogP contribution in [0.3, 0.4) is 0 Å². The highest BCUT2D eigenvalue weighted by molar-refractivity contribution is 4.90. The quantitative estimate of drug-likeness (QED) is 0.408. The molecule has 0 aliphatic carbocycles. The van der Waals surface area contributed by atoms with Gasteiger partial charge in [0.1, 0.15) is 0 Å². The molecule has 1 atom stereocenters. The normalized spacial score (nSPS) is 20.6. The molecule has 0 saturated carbocycles. The van der Waals surface area contributed by atoms with E-state index in [0.717, 1.165) is 12.8 Å². The summed E-state index contributed by atoms with van der Waals surface area (Å²) in [6, 6.07) is 0. The van der Waals surface area contributed by atoms with Crippen molar-refractivity contribution in [3.05, 3.63) is 0 Å². The van der Waals surface area contributed by atoms with Crippen LogP contribution >= 0.6 is 0 Å². The Morgan fingerprint density at radius 2 is 1.30 bits per heavy atom. The van der Waals surface area contributed by atoms with Crippen LogP contribution in [0.2, 0.25) is 0 Å². The zero-order valence-electron chi connectivity index (χ0n) is 15.4. The second-order valence-corrected chi connectivity index (χ2v) is 7.57. The highest BCUT2D eigenvalue weighted by atomic mass is 19.4. The summed E-state index contributed by atoms with van der Waals surface area (Å²) in [5.74, 6) is -1.08. The van der Waals surface area contributed by atoms with Gasteiger partial charge in [0.05, 0.1) is 5.92 Å². The Balaban J connectivity index is 2.57. The molecular weight excluding hydrogens is 299 g/mol. The molecule has 0 spiro atoms. The fraction of sp³-hybridized carbons (Fsp3) is 1.00. The zero-order valence-corrected chi connectivity index (χ0v) is 15.4. The van der Waals surface area contributed by atoms with Gasteiger partial charge in [-0.3, -0.25) is 4.90 Å². The van der Waals surface area contributed by atoms with Crippen LogP contribution < -0.4 is 0 Å². The molecule has 0 N–H and O–H groups in total. The van der Waals surface area contributed by atoms with E-state index in [2.05, 4.69) is 25.7 Å². The summed E-state index contributed by atoms with van der Waals surface area (Å²) < 4.78 is 38.6. The van der Waals surface area contributed by atoms with Crippen LogP contribution in [0.5, 0.6) is 0 Å². The fourth-order valence-electron chi connectivity index (χ4n) is 3.88. The maximum absolute atomic E-state index is 12.9. The van der Waals surface area contributed by atoms with Gasteiger partial charge in [-0.25, -0.2) is 0 Å². The zero-order chi connectivity index (χ0) is 17.3. The molecule has 1 fully saturated rings. The molecule has 0 bridgehead atoms. The van der Waals surface area contributed by atoms with Gasteiger partial charge in [-0.05, 0) is 45.7 Å². The molecule has 0 aromatic carbocycles. The van der Waals surface area contributed by atoms with Gasteiger partial charge in [0.15, 0.2) is 0 Å². The van der Waals surface area contributed by atoms with Crippen molar-refractivity contribution in [1.82, 2.24) is 4.90 Å². The predicted octanol–water partition coefficient (Wildman–Crippen LogP) is 6.57. The second kappa shape index (κ2) is 9.90. The summed E-state index contributed by atoms with van der Waals surface area (Å²) in [7, 11) is 0. The fourth-order valence-corrected chi connectivity index (χ4v) is 3.88. The van der Waals surface area contributed by atoms with Gasteiger partial charge in [-0.1, -0.05) is 58.8 Å². The molecule has 1 saturated heterocycles. The summed E-state index contributed by atoms with van der Waals surface area (Å²) in [4.78, 5) is 2.37. The van der Waals surface area contributed by atoms with E-state index in [-0.39, 0.29) is 18.4 Å². The standard InChI is InChI=1S/C19H36F3N/c1-4-6-8-10-14-18(3,13-9-7-5-2)23-15-11-17(12-16-23)19(20,21)22/h17H,4-16H2,1-3H3. The Labute approximate surface area is 141 Å². The van der Waals surface area contributed by atoms with Crippen molar-refractivity contribution in [1.29, 1.82) is 0 Å². The summed E-state index contributed by atoms with van der Waals surface area (Å²) in [6.45, 7) is 7.93. The lowest BCUT2D eigenvalue weighted by atomic mass is 9.83. The monoisotopic (exact) mass is 335 g/mol. The van der Waals surface area contributed by atoms with Crippen molar-refractivity contribution in [3.8, 4) is 0 Å². The van der Waals surface area contributed by atoms with E-state index in [1.54, 1.807) is 0 Å². The Morgan fingerprint density at radius 3 is 1.78 bits per heavy atom. The molecule has 1 aliphatic rings. The molecule has 0 aromatic heterocycles. The van der Waals surface area contributed by atoms with Crippen LogP contribution in [0, 0.1) is 5.92 Å². The molecule has 0 radical (unpaired) electrons. The minimum atomic E-state index is -4.01. The number of alkyl halides is 3. The second-order valence-electron chi connectivity index (χ2n) is 7.57. The maximum atomic E-state index is 12.9.